The smallest absolute Gasteiger partial charge is 0.164 e. The van der Waals surface area contributed by atoms with Crippen molar-refractivity contribution in [3.8, 4) is 11.4 Å². The third-order valence-electron chi connectivity index (χ3n) is 5.86. The Labute approximate surface area is 146 Å². The first-order valence-electron chi connectivity index (χ1n) is 9.07. The average Bonchev–Trinajstić information content (AvgIpc) is 3.31. The third kappa shape index (κ3) is 2.39. The number of hydrogen-bond acceptors (Lipinski definition) is 5. The highest BCUT2D eigenvalue weighted by molar-refractivity contribution is 5.91. The summed E-state index contributed by atoms with van der Waals surface area (Å²) >= 11 is 0. The van der Waals surface area contributed by atoms with E-state index in [0.717, 1.165) is 45.8 Å². The number of rotatable bonds is 3. The first-order valence-corrected chi connectivity index (χ1v) is 9.07. The molecular weight excluding hydrogens is 312 g/mol. The molecular formula is C19H22N6. The summed E-state index contributed by atoms with van der Waals surface area (Å²) in [6, 6.07) is 4.43. The van der Waals surface area contributed by atoms with Gasteiger partial charge in [-0.2, -0.15) is 5.10 Å². The van der Waals surface area contributed by atoms with E-state index in [4.69, 9.17) is 9.97 Å². The predicted molar refractivity (Wildman–Crippen MR) is 97.1 cm³/mol. The summed E-state index contributed by atoms with van der Waals surface area (Å²) in [6.45, 7) is 2.03. The molecule has 3 aromatic rings. The van der Waals surface area contributed by atoms with E-state index in [2.05, 4.69) is 15.4 Å². The average molecular weight is 334 g/mol. The monoisotopic (exact) mass is 334 g/mol. The molecule has 0 aliphatic heterocycles. The fourth-order valence-corrected chi connectivity index (χ4v) is 4.67. The van der Waals surface area contributed by atoms with Gasteiger partial charge in [0.2, 0.25) is 0 Å². The molecule has 2 aliphatic rings. The first-order chi connectivity index (χ1) is 12.2. The molecule has 3 aromatic heterocycles. The topological polar surface area (TPSA) is 68.5 Å². The van der Waals surface area contributed by atoms with Crippen molar-refractivity contribution in [2.45, 2.75) is 38.6 Å². The number of aromatic nitrogens is 5. The Balaban J connectivity index is 1.62. The Bertz CT molecular complexity index is 932. The van der Waals surface area contributed by atoms with E-state index in [0.29, 0.717) is 6.04 Å². The molecule has 6 heteroatoms. The Hall–Kier alpha value is -2.50. The van der Waals surface area contributed by atoms with Gasteiger partial charge in [0.15, 0.2) is 11.5 Å². The van der Waals surface area contributed by atoms with Crippen LogP contribution in [0.15, 0.2) is 24.5 Å². The molecule has 6 nitrogen and oxygen atoms in total. The number of pyridine rings is 1. The molecule has 2 saturated carbocycles. The molecule has 3 atom stereocenters. The number of anilines is 1. The van der Waals surface area contributed by atoms with Crippen LogP contribution >= 0.6 is 0 Å². The van der Waals surface area contributed by atoms with Gasteiger partial charge in [-0.1, -0.05) is 6.42 Å². The second-order valence-electron chi connectivity index (χ2n) is 7.47. The molecule has 128 valence electrons. The second kappa shape index (κ2) is 5.51. The van der Waals surface area contributed by atoms with Crippen LogP contribution in [0.3, 0.4) is 0 Å². The lowest BCUT2D eigenvalue weighted by Gasteiger charge is -2.24. The molecule has 25 heavy (non-hydrogen) atoms. The predicted octanol–water partition coefficient (Wildman–Crippen LogP) is 3.33. The lowest BCUT2D eigenvalue weighted by atomic mass is 9.95. The molecule has 0 radical (unpaired) electrons. The maximum absolute atomic E-state index is 4.89. The number of aryl methyl sites for hydroxylation is 2. The summed E-state index contributed by atoms with van der Waals surface area (Å²) in [5, 5.41) is 9.37. The van der Waals surface area contributed by atoms with Crippen molar-refractivity contribution < 1.29 is 0 Å². The normalized spacial score (nSPS) is 25.0. The van der Waals surface area contributed by atoms with E-state index in [-0.39, 0.29) is 0 Å². The molecule has 0 saturated heterocycles. The molecule has 2 fully saturated rings. The van der Waals surface area contributed by atoms with Gasteiger partial charge >= 0.3 is 0 Å². The van der Waals surface area contributed by atoms with E-state index in [1.165, 1.54) is 25.7 Å². The quantitative estimate of drug-likeness (QED) is 0.795. The van der Waals surface area contributed by atoms with E-state index in [1.54, 1.807) is 12.4 Å². The lowest BCUT2D eigenvalue weighted by Crippen LogP contribution is -2.26. The highest BCUT2D eigenvalue weighted by Crippen LogP contribution is 2.46. The first kappa shape index (κ1) is 14.8. The van der Waals surface area contributed by atoms with E-state index in [9.17, 15) is 0 Å². The largest absolute Gasteiger partial charge is 0.366 e. The summed E-state index contributed by atoms with van der Waals surface area (Å²) in [5.74, 6) is 3.34. The summed E-state index contributed by atoms with van der Waals surface area (Å²) in [4.78, 5) is 13.8. The van der Waals surface area contributed by atoms with Crippen LogP contribution in [0.2, 0.25) is 0 Å². The van der Waals surface area contributed by atoms with Crippen LogP contribution in [0, 0.1) is 18.8 Å². The maximum Gasteiger partial charge on any atom is 0.164 e. The van der Waals surface area contributed by atoms with Crippen molar-refractivity contribution in [2.24, 2.45) is 18.9 Å². The Kier molecular flexibility index (Phi) is 3.26. The van der Waals surface area contributed by atoms with Gasteiger partial charge in [-0.15, -0.1) is 0 Å². The van der Waals surface area contributed by atoms with Crippen LogP contribution in [-0.4, -0.2) is 30.8 Å². The van der Waals surface area contributed by atoms with Crippen molar-refractivity contribution in [3.05, 3.63) is 30.2 Å². The maximum atomic E-state index is 4.89. The van der Waals surface area contributed by atoms with Gasteiger partial charge in [0.1, 0.15) is 5.82 Å². The minimum atomic E-state index is 0.529. The number of nitrogens with zero attached hydrogens (tertiary/aromatic N) is 5. The van der Waals surface area contributed by atoms with Gasteiger partial charge in [-0.25, -0.2) is 9.97 Å². The Morgan fingerprint density at radius 3 is 2.68 bits per heavy atom. The molecule has 2 bridgehead atoms. The fraction of sp³-hybridized carbons (Fsp3) is 0.474. The van der Waals surface area contributed by atoms with E-state index >= 15 is 0 Å². The van der Waals surface area contributed by atoms with Crippen molar-refractivity contribution in [1.82, 2.24) is 24.7 Å². The van der Waals surface area contributed by atoms with Gasteiger partial charge < -0.3 is 5.32 Å². The summed E-state index contributed by atoms with van der Waals surface area (Å²) in [7, 11) is 1.94. The summed E-state index contributed by atoms with van der Waals surface area (Å²) in [6.07, 6.45) is 8.94. The van der Waals surface area contributed by atoms with Crippen LogP contribution in [0.1, 0.15) is 31.4 Å². The molecule has 0 unspecified atom stereocenters. The van der Waals surface area contributed by atoms with E-state index < -0.39 is 0 Å². The lowest BCUT2D eigenvalue weighted by molar-refractivity contribution is 0.439. The molecule has 0 amide bonds. The molecule has 0 spiro atoms. The van der Waals surface area contributed by atoms with E-state index in [1.807, 2.05) is 30.8 Å². The standard InChI is InChI=1S/C19H22N6/c1-11-16-18(21-15-10-12-3-4-14(15)9-12)22-17(13-5-7-20-8-6-13)23-19(16)25(2)24-11/h5-8,12,14-15H,3-4,9-10H2,1-2H3,(H,21,22,23)/t12-,14+,15+/m1/s1. The molecule has 1 N–H and O–H groups in total. The minimum absolute atomic E-state index is 0.529. The Morgan fingerprint density at radius 2 is 1.96 bits per heavy atom. The van der Waals surface area contributed by atoms with Crippen molar-refractivity contribution in [2.75, 3.05) is 5.32 Å². The van der Waals surface area contributed by atoms with Gasteiger partial charge in [0.05, 0.1) is 11.1 Å². The second-order valence-corrected chi connectivity index (χ2v) is 7.47. The summed E-state index contributed by atoms with van der Waals surface area (Å²) < 4.78 is 1.85. The zero-order valence-electron chi connectivity index (χ0n) is 14.6. The number of fused-ring (bicyclic) bond motifs is 3. The van der Waals surface area contributed by atoms with Crippen molar-refractivity contribution in [3.63, 3.8) is 0 Å². The molecule has 2 aliphatic carbocycles. The van der Waals surface area contributed by atoms with Gasteiger partial charge in [0.25, 0.3) is 0 Å². The van der Waals surface area contributed by atoms with Crippen molar-refractivity contribution in [1.29, 1.82) is 0 Å². The van der Waals surface area contributed by atoms with Gasteiger partial charge in [0, 0.05) is 31.0 Å². The zero-order valence-corrected chi connectivity index (χ0v) is 14.6. The Morgan fingerprint density at radius 1 is 1.12 bits per heavy atom. The van der Waals surface area contributed by atoms with Crippen LogP contribution in [0.25, 0.3) is 22.4 Å². The van der Waals surface area contributed by atoms with Crippen LogP contribution in [0.5, 0.6) is 0 Å². The SMILES string of the molecule is Cc1nn(C)c2nc(-c3ccncc3)nc(N[C@H]3C[C@@H]4CC[C@H]3C4)c12. The minimum Gasteiger partial charge on any atom is -0.366 e. The molecule has 5 rings (SSSR count). The van der Waals surface area contributed by atoms with Crippen LogP contribution in [0.4, 0.5) is 5.82 Å². The zero-order chi connectivity index (χ0) is 17.0. The molecule has 3 heterocycles. The number of hydrogen-bond donors (Lipinski definition) is 1. The number of nitrogens with one attached hydrogen (secondary N) is 1. The fourth-order valence-electron chi connectivity index (χ4n) is 4.67. The van der Waals surface area contributed by atoms with Crippen LogP contribution in [-0.2, 0) is 7.05 Å². The highest BCUT2D eigenvalue weighted by atomic mass is 15.3. The third-order valence-corrected chi connectivity index (χ3v) is 5.86. The van der Waals surface area contributed by atoms with Crippen LogP contribution < -0.4 is 5.32 Å². The summed E-state index contributed by atoms with van der Waals surface area (Å²) in [5.41, 5.74) is 2.83. The van der Waals surface area contributed by atoms with Crippen molar-refractivity contribution >= 4 is 16.9 Å². The van der Waals surface area contributed by atoms with Gasteiger partial charge in [-0.3, -0.25) is 9.67 Å². The highest BCUT2D eigenvalue weighted by Gasteiger charge is 2.40. The van der Waals surface area contributed by atoms with Gasteiger partial charge in [-0.05, 0) is 50.2 Å². The molecule has 0 aromatic carbocycles.